The molecular weight excluding hydrogens is 154 g/mol. The van der Waals surface area contributed by atoms with E-state index in [0.29, 0.717) is 6.04 Å². The molecule has 1 aliphatic rings. The summed E-state index contributed by atoms with van der Waals surface area (Å²) in [6, 6.07) is 0.360. The fourth-order valence-corrected chi connectivity index (χ4v) is 1.67. The van der Waals surface area contributed by atoms with Crippen LogP contribution in [-0.4, -0.2) is 49.0 Å². The van der Waals surface area contributed by atoms with Gasteiger partial charge in [-0.25, -0.2) is 0 Å². The second kappa shape index (κ2) is 5.51. The standard InChI is InChI=1S/C9H19NO2/c1-2-3-9(8-11)10-4-6-12-7-5-10/h9,11H,2-8H2,1H3. The summed E-state index contributed by atoms with van der Waals surface area (Å²) in [6.07, 6.45) is 2.24. The maximum Gasteiger partial charge on any atom is 0.0594 e. The van der Waals surface area contributed by atoms with E-state index in [0.717, 1.165) is 39.1 Å². The third-order valence-electron chi connectivity index (χ3n) is 2.39. The molecule has 0 aromatic heterocycles. The number of hydrogen-bond acceptors (Lipinski definition) is 3. The number of aliphatic hydroxyl groups excluding tert-OH is 1. The van der Waals surface area contributed by atoms with Gasteiger partial charge in [0.1, 0.15) is 0 Å². The van der Waals surface area contributed by atoms with E-state index in [1.807, 2.05) is 0 Å². The van der Waals surface area contributed by atoms with E-state index in [2.05, 4.69) is 11.8 Å². The van der Waals surface area contributed by atoms with Gasteiger partial charge in [-0.2, -0.15) is 0 Å². The Morgan fingerprint density at radius 3 is 2.58 bits per heavy atom. The Bertz CT molecular complexity index is 110. The fraction of sp³-hybridized carbons (Fsp3) is 1.00. The predicted molar refractivity (Wildman–Crippen MR) is 48.2 cm³/mol. The van der Waals surface area contributed by atoms with Crippen LogP contribution in [0.3, 0.4) is 0 Å². The van der Waals surface area contributed by atoms with E-state index in [4.69, 9.17) is 9.84 Å². The Labute approximate surface area is 74.3 Å². The van der Waals surface area contributed by atoms with E-state index < -0.39 is 0 Å². The number of morpholine rings is 1. The van der Waals surface area contributed by atoms with E-state index in [1.165, 1.54) is 0 Å². The second-order valence-electron chi connectivity index (χ2n) is 3.27. The van der Waals surface area contributed by atoms with Crippen LogP contribution in [0.5, 0.6) is 0 Å². The lowest BCUT2D eigenvalue weighted by molar-refractivity contribution is 0.00103. The van der Waals surface area contributed by atoms with E-state index >= 15 is 0 Å². The van der Waals surface area contributed by atoms with Crippen molar-refractivity contribution in [1.29, 1.82) is 0 Å². The quantitative estimate of drug-likeness (QED) is 0.671. The molecule has 1 aliphatic heterocycles. The van der Waals surface area contributed by atoms with Crippen molar-refractivity contribution in [3.63, 3.8) is 0 Å². The summed E-state index contributed by atoms with van der Waals surface area (Å²) in [7, 11) is 0. The molecule has 1 fully saturated rings. The van der Waals surface area contributed by atoms with Gasteiger partial charge in [0.2, 0.25) is 0 Å². The first-order chi connectivity index (χ1) is 5.88. The Balaban J connectivity index is 2.29. The molecule has 0 saturated carbocycles. The van der Waals surface area contributed by atoms with Gasteiger partial charge in [-0.3, -0.25) is 4.90 Å². The Morgan fingerprint density at radius 1 is 1.42 bits per heavy atom. The third-order valence-corrected chi connectivity index (χ3v) is 2.39. The largest absolute Gasteiger partial charge is 0.395 e. The van der Waals surface area contributed by atoms with Crippen molar-refractivity contribution >= 4 is 0 Å². The molecule has 1 unspecified atom stereocenters. The number of rotatable bonds is 4. The van der Waals surface area contributed by atoms with Gasteiger partial charge in [-0.05, 0) is 6.42 Å². The molecule has 0 bridgehead atoms. The van der Waals surface area contributed by atoms with Gasteiger partial charge in [0, 0.05) is 19.1 Å². The van der Waals surface area contributed by atoms with Crippen molar-refractivity contribution in [1.82, 2.24) is 4.90 Å². The van der Waals surface area contributed by atoms with E-state index in [1.54, 1.807) is 0 Å². The van der Waals surface area contributed by atoms with Gasteiger partial charge < -0.3 is 9.84 Å². The van der Waals surface area contributed by atoms with Crippen LogP contribution >= 0.6 is 0 Å². The molecule has 1 rings (SSSR count). The first kappa shape index (κ1) is 9.96. The van der Waals surface area contributed by atoms with Crippen molar-refractivity contribution in [3.05, 3.63) is 0 Å². The number of ether oxygens (including phenoxy) is 1. The smallest absolute Gasteiger partial charge is 0.0594 e. The Hall–Kier alpha value is -0.120. The van der Waals surface area contributed by atoms with Crippen LogP contribution < -0.4 is 0 Å². The summed E-state index contributed by atoms with van der Waals surface area (Å²) in [5.74, 6) is 0. The zero-order valence-electron chi connectivity index (χ0n) is 7.83. The lowest BCUT2D eigenvalue weighted by Crippen LogP contribution is -2.45. The van der Waals surface area contributed by atoms with Gasteiger partial charge in [-0.15, -0.1) is 0 Å². The third kappa shape index (κ3) is 2.73. The van der Waals surface area contributed by atoms with E-state index in [9.17, 15) is 0 Å². The maximum absolute atomic E-state index is 9.13. The summed E-state index contributed by atoms with van der Waals surface area (Å²) in [5.41, 5.74) is 0. The molecule has 3 heteroatoms. The normalized spacial score (nSPS) is 22.5. The molecule has 0 spiro atoms. The van der Waals surface area contributed by atoms with Crippen LogP contribution in [-0.2, 0) is 4.74 Å². The number of hydrogen-bond donors (Lipinski definition) is 1. The minimum absolute atomic E-state index is 0.286. The molecule has 1 saturated heterocycles. The average Bonchev–Trinajstić information content (AvgIpc) is 2.15. The highest BCUT2D eigenvalue weighted by molar-refractivity contribution is 4.72. The molecular formula is C9H19NO2. The molecule has 1 N–H and O–H groups in total. The van der Waals surface area contributed by atoms with Gasteiger partial charge in [-0.1, -0.05) is 13.3 Å². The summed E-state index contributed by atoms with van der Waals surface area (Å²) in [5, 5.41) is 9.13. The second-order valence-corrected chi connectivity index (χ2v) is 3.27. The van der Waals surface area contributed by atoms with Gasteiger partial charge >= 0.3 is 0 Å². The maximum atomic E-state index is 9.13. The Morgan fingerprint density at radius 2 is 2.08 bits per heavy atom. The van der Waals surface area contributed by atoms with Crippen molar-refractivity contribution in [2.45, 2.75) is 25.8 Å². The molecule has 0 amide bonds. The lowest BCUT2D eigenvalue weighted by atomic mass is 10.1. The van der Waals surface area contributed by atoms with Crippen LogP contribution in [0.4, 0.5) is 0 Å². The molecule has 72 valence electrons. The Kier molecular flexibility index (Phi) is 4.58. The van der Waals surface area contributed by atoms with Crippen LogP contribution in [0.25, 0.3) is 0 Å². The van der Waals surface area contributed by atoms with Gasteiger partial charge in [0.25, 0.3) is 0 Å². The van der Waals surface area contributed by atoms with Crippen LogP contribution in [0.15, 0.2) is 0 Å². The molecule has 3 nitrogen and oxygen atoms in total. The highest BCUT2D eigenvalue weighted by atomic mass is 16.5. The molecule has 0 aliphatic carbocycles. The number of aliphatic hydroxyl groups is 1. The molecule has 12 heavy (non-hydrogen) atoms. The lowest BCUT2D eigenvalue weighted by Gasteiger charge is -2.33. The van der Waals surface area contributed by atoms with Crippen molar-refractivity contribution in [2.24, 2.45) is 0 Å². The molecule has 1 heterocycles. The highest BCUT2D eigenvalue weighted by Gasteiger charge is 2.18. The fourth-order valence-electron chi connectivity index (χ4n) is 1.67. The first-order valence-electron chi connectivity index (χ1n) is 4.81. The minimum Gasteiger partial charge on any atom is -0.395 e. The van der Waals surface area contributed by atoms with Crippen molar-refractivity contribution in [2.75, 3.05) is 32.9 Å². The topological polar surface area (TPSA) is 32.7 Å². The van der Waals surface area contributed by atoms with Crippen molar-refractivity contribution in [3.8, 4) is 0 Å². The predicted octanol–water partition coefficient (Wildman–Crippen LogP) is 0.480. The number of nitrogens with zero attached hydrogens (tertiary/aromatic N) is 1. The summed E-state index contributed by atoms with van der Waals surface area (Å²) < 4.78 is 5.25. The summed E-state index contributed by atoms with van der Waals surface area (Å²) >= 11 is 0. The van der Waals surface area contributed by atoms with Crippen molar-refractivity contribution < 1.29 is 9.84 Å². The SMILES string of the molecule is CCCC(CO)N1CCOCC1. The van der Waals surface area contributed by atoms with Crippen LogP contribution in [0, 0.1) is 0 Å². The highest BCUT2D eigenvalue weighted by Crippen LogP contribution is 2.08. The molecule has 1 atom stereocenters. The zero-order valence-corrected chi connectivity index (χ0v) is 7.83. The monoisotopic (exact) mass is 173 g/mol. The molecule has 0 aromatic carbocycles. The van der Waals surface area contributed by atoms with Crippen LogP contribution in [0.1, 0.15) is 19.8 Å². The van der Waals surface area contributed by atoms with Gasteiger partial charge in [0.05, 0.1) is 19.8 Å². The minimum atomic E-state index is 0.286. The van der Waals surface area contributed by atoms with E-state index in [-0.39, 0.29) is 6.61 Å². The molecule has 0 radical (unpaired) electrons. The first-order valence-corrected chi connectivity index (χ1v) is 4.81. The van der Waals surface area contributed by atoms with Crippen LogP contribution in [0.2, 0.25) is 0 Å². The molecule has 0 aromatic rings. The van der Waals surface area contributed by atoms with Gasteiger partial charge in [0.15, 0.2) is 0 Å². The average molecular weight is 173 g/mol. The summed E-state index contributed by atoms with van der Waals surface area (Å²) in [6.45, 7) is 6.04. The summed E-state index contributed by atoms with van der Waals surface area (Å²) in [4.78, 5) is 2.33. The zero-order chi connectivity index (χ0) is 8.81.